The van der Waals surface area contributed by atoms with E-state index in [1.165, 1.54) is 23.1 Å². The molecule has 4 heteroatoms. The average molecular weight is 275 g/mol. The van der Waals surface area contributed by atoms with E-state index < -0.39 is 0 Å². The van der Waals surface area contributed by atoms with Crippen molar-refractivity contribution in [3.05, 3.63) is 64.1 Å². The summed E-state index contributed by atoms with van der Waals surface area (Å²) in [5, 5.41) is 4.81. The summed E-state index contributed by atoms with van der Waals surface area (Å²) in [6.45, 7) is 0.604. The van der Waals surface area contributed by atoms with Gasteiger partial charge in [0, 0.05) is 17.5 Å². The summed E-state index contributed by atoms with van der Waals surface area (Å²) in [5.41, 5.74) is 0.674. The Kier molecular flexibility index (Phi) is 4.86. The minimum atomic E-state index is -0.305. The number of thiophene rings is 1. The molecule has 1 aromatic heterocycles. The lowest BCUT2D eigenvalue weighted by Crippen LogP contribution is -2.23. The molecule has 19 heavy (non-hydrogen) atoms. The molecule has 0 unspecified atom stereocenters. The second-order valence-corrected chi connectivity index (χ2v) is 5.04. The molecule has 2 aromatic rings. The third-order valence-electron chi connectivity index (χ3n) is 2.53. The van der Waals surface area contributed by atoms with E-state index in [0.717, 1.165) is 6.42 Å². The van der Waals surface area contributed by atoms with Crippen LogP contribution in [0.4, 0.5) is 4.39 Å². The zero-order valence-corrected chi connectivity index (χ0v) is 11.1. The second kappa shape index (κ2) is 6.85. The van der Waals surface area contributed by atoms with Crippen LogP contribution in [0.1, 0.15) is 10.4 Å². The molecule has 1 aromatic carbocycles. The maximum absolute atomic E-state index is 12.9. The van der Waals surface area contributed by atoms with Gasteiger partial charge < -0.3 is 5.32 Å². The lowest BCUT2D eigenvalue weighted by atomic mass is 10.2. The number of carbonyl (C=O) groups excluding carboxylic acids is 1. The van der Waals surface area contributed by atoms with E-state index in [4.69, 9.17) is 0 Å². The van der Waals surface area contributed by atoms with Crippen molar-refractivity contribution >= 4 is 23.3 Å². The number of halogens is 1. The van der Waals surface area contributed by atoms with Gasteiger partial charge in [-0.3, -0.25) is 4.79 Å². The molecular weight excluding hydrogens is 261 g/mol. The molecule has 0 aliphatic rings. The summed E-state index contributed by atoms with van der Waals surface area (Å²) in [7, 11) is 0. The first-order valence-corrected chi connectivity index (χ1v) is 6.86. The highest BCUT2D eigenvalue weighted by Gasteiger charge is 1.97. The number of benzene rings is 1. The monoisotopic (exact) mass is 275 g/mol. The number of nitrogens with one attached hydrogen (secondary N) is 1. The highest BCUT2D eigenvalue weighted by Crippen LogP contribution is 2.08. The Morgan fingerprint density at radius 2 is 2.21 bits per heavy atom. The minimum absolute atomic E-state index is 0.166. The lowest BCUT2D eigenvalue weighted by molar-refractivity contribution is -0.116. The van der Waals surface area contributed by atoms with Gasteiger partial charge in [0.2, 0.25) is 5.91 Å². The van der Waals surface area contributed by atoms with E-state index in [2.05, 4.69) is 5.32 Å². The number of carbonyl (C=O) groups is 1. The SMILES string of the molecule is O=C(/C=C/c1cccc(F)c1)NCCc1cccs1. The molecule has 0 fully saturated rings. The predicted octanol–water partition coefficient (Wildman–Crippen LogP) is 3.26. The van der Waals surface area contributed by atoms with E-state index >= 15 is 0 Å². The summed E-state index contributed by atoms with van der Waals surface area (Å²) >= 11 is 1.68. The molecule has 0 bridgehead atoms. The van der Waals surface area contributed by atoms with Crippen LogP contribution in [-0.4, -0.2) is 12.5 Å². The Labute approximate surface area is 115 Å². The van der Waals surface area contributed by atoms with Crippen LogP contribution in [0.3, 0.4) is 0 Å². The summed E-state index contributed by atoms with van der Waals surface area (Å²) < 4.78 is 12.9. The van der Waals surface area contributed by atoms with Crippen LogP contribution in [0.2, 0.25) is 0 Å². The molecule has 1 heterocycles. The van der Waals surface area contributed by atoms with Crippen LogP contribution in [0, 0.1) is 5.82 Å². The first kappa shape index (κ1) is 13.5. The van der Waals surface area contributed by atoms with E-state index in [9.17, 15) is 9.18 Å². The molecule has 0 radical (unpaired) electrons. The molecule has 0 saturated carbocycles. The van der Waals surface area contributed by atoms with Crippen molar-refractivity contribution in [2.75, 3.05) is 6.54 Å². The van der Waals surface area contributed by atoms with Crippen LogP contribution in [0.5, 0.6) is 0 Å². The fourth-order valence-corrected chi connectivity index (χ4v) is 2.31. The molecule has 2 nitrogen and oxygen atoms in total. The third kappa shape index (κ3) is 4.67. The van der Waals surface area contributed by atoms with Crippen molar-refractivity contribution in [2.24, 2.45) is 0 Å². The molecule has 0 atom stereocenters. The Morgan fingerprint density at radius 1 is 1.32 bits per heavy atom. The quantitative estimate of drug-likeness (QED) is 0.834. The lowest BCUT2D eigenvalue weighted by Gasteiger charge is -2.00. The Bertz CT molecular complexity index is 563. The largest absolute Gasteiger partial charge is 0.352 e. The van der Waals surface area contributed by atoms with Gasteiger partial charge in [-0.15, -0.1) is 11.3 Å². The van der Waals surface area contributed by atoms with E-state index in [-0.39, 0.29) is 11.7 Å². The average Bonchev–Trinajstić information content (AvgIpc) is 2.90. The van der Waals surface area contributed by atoms with Gasteiger partial charge in [0.05, 0.1) is 0 Å². The number of rotatable bonds is 5. The van der Waals surface area contributed by atoms with Crippen molar-refractivity contribution < 1.29 is 9.18 Å². The zero-order chi connectivity index (χ0) is 13.5. The first-order valence-electron chi connectivity index (χ1n) is 5.98. The number of hydrogen-bond donors (Lipinski definition) is 1. The number of amides is 1. The van der Waals surface area contributed by atoms with E-state index in [1.807, 2.05) is 17.5 Å². The molecule has 0 saturated heterocycles. The van der Waals surface area contributed by atoms with Crippen LogP contribution in [-0.2, 0) is 11.2 Å². The topological polar surface area (TPSA) is 29.1 Å². The molecular formula is C15H14FNOS. The van der Waals surface area contributed by atoms with E-state index in [1.54, 1.807) is 29.5 Å². The highest BCUT2D eigenvalue weighted by molar-refractivity contribution is 7.09. The fraction of sp³-hybridized carbons (Fsp3) is 0.133. The fourth-order valence-electron chi connectivity index (χ4n) is 1.60. The van der Waals surface area contributed by atoms with Crippen molar-refractivity contribution in [1.29, 1.82) is 0 Å². The standard InChI is InChI=1S/C15H14FNOS/c16-13-4-1-3-12(11-13)6-7-15(18)17-9-8-14-5-2-10-19-14/h1-7,10-11H,8-9H2,(H,17,18)/b7-6+. The maximum Gasteiger partial charge on any atom is 0.244 e. The van der Waals surface area contributed by atoms with Gasteiger partial charge in [0.15, 0.2) is 0 Å². The van der Waals surface area contributed by atoms with Gasteiger partial charge in [-0.05, 0) is 41.6 Å². The summed E-state index contributed by atoms with van der Waals surface area (Å²) in [6, 6.07) is 10.2. The predicted molar refractivity (Wildman–Crippen MR) is 76.5 cm³/mol. The van der Waals surface area contributed by atoms with Gasteiger partial charge in [0.1, 0.15) is 5.82 Å². The summed E-state index contributed by atoms with van der Waals surface area (Å²) in [4.78, 5) is 12.8. The first-order chi connectivity index (χ1) is 9.24. The number of hydrogen-bond acceptors (Lipinski definition) is 2. The maximum atomic E-state index is 12.9. The Hall–Kier alpha value is -1.94. The minimum Gasteiger partial charge on any atom is -0.352 e. The van der Waals surface area contributed by atoms with Gasteiger partial charge in [-0.1, -0.05) is 18.2 Å². The smallest absolute Gasteiger partial charge is 0.244 e. The molecule has 0 aliphatic heterocycles. The zero-order valence-electron chi connectivity index (χ0n) is 10.3. The van der Waals surface area contributed by atoms with Crippen molar-refractivity contribution in [3.8, 4) is 0 Å². The van der Waals surface area contributed by atoms with Gasteiger partial charge in [-0.25, -0.2) is 4.39 Å². The normalized spacial score (nSPS) is 10.8. The van der Waals surface area contributed by atoms with Crippen molar-refractivity contribution in [3.63, 3.8) is 0 Å². The Balaban J connectivity index is 1.78. The summed E-state index contributed by atoms with van der Waals surface area (Å²) in [6.07, 6.45) is 3.85. The Morgan fingerprint density at radius 3 is 2.95 bits per heavy atom. The summed E-state index contributed by atoms with van der Waals surface area (Å²) in [5.74, 6) is -0.471. The molecule has 98 valence electrons. The van der Waals surface area contributed by atoms with Crippen LogP contribution >= 0.6 is 11.3 Å². The molecule has 1 N–H and O–H groups in total. The van der Waals surface area contributed by atoms with E-state index in [0.29, 0.717) is 12.1 Å². The van der Waals surface area contributed by atoms with Gasteiger partial charge in [0.25, 0.3) is 0 Å². The molecule has 1 amide bonds. The van der Waals surface area contributed by atoms with Crippen molar-refractivity contribution in [1.82, 2.24) is 5.32 Å². The van der Waals surface area contributed by atoms with Crippen LogP contribution in [0.15, 0.2) is 47.9 Å². The van der Waals surface area contributed by atoms with Crippen LogP contribution < -0.4 is 5.32 Å². The molecule has 0 aliphatic carbocycles. The van der Waals surface area contributed by atoms with Gasteiger partial charge >= 0.3 is 0 Å². The van der Waals surface area contributed by atoms with Crippen molar-refractivity contribution in [2.45, 2.75) is 6.42 Å². The van der Waals surface area contributed by atoms with Crippen LogP contribution in [0.25, 0.3) is 6.08 Å². The van der Waals surface area contributed by atoms with Gasteiger partial charge in [-0.2, -0.15) is 0 Å². The third-order valence-corrected chi connectivity index (χ3v) is 3.46. The molecule has 2 rings (SSSR count). The second-order valence-electron chi connectivity index (χ2n) is 4.01. The molecule has 0 spiro atoms. The highest BCUT2D eigenvalue weighted by atomic mass is 32.1.